The molecule has 0 atom stereocenters. The maximum absolute atomic E-state index is 2.89. The van der Waals surface area contributed by atoms with E-state index in [2.05, 4.69) is 25.1 Å². The Labute approximate surface area is 146 Å². The van der Waals surface area contributed by atoms with Crippen molar-refractivity contribution in [3.63, 3.8) is 0 Å². The molecule has 0 saturated heterocycles. The zero-order valence-corrected chi connectivity index (χ0v) is 16.6. The van der Waals surface area contributed by atoms with Gasteiger partial charge in [-0.25, -0.2) is 0 Å². The van der Waals surface area contributed by atoms with E-state index in [0.29, 0.717) is 0 Å². The third kappa shape index (κ3) is 32.5. The van der Waals surface area contributed by atoms with Crippen LogP contribution in [-0.4, -0.2) is 0 Å². The first-order valence-corrected chi connectivity index (χ1v) is 7.32. The molecule has 2 aromatic carbocycles. The summed E-state index contributed by atoms with van der Waals surface area (Å²) >= 11 is 0. The van der Waals surface area contributed by atoms with Gasteiger partial charge in [0.15, 0.2) is 0 Å². The molecule has 0 aliphatic heterocycles. The Kier molecular flexibility index (Phi) is 55.7. The van der Waals surface area contributed by atoms with Gasteiger partial charge in [0.05, 0.1) is 0 Å². The fourth-order valence-electron chi connectivity index (χ4n) is 0.876. The summed E-state index contributed by atoms with van der Waals surface area (Å²) in [4.78, 5) is 0. The Balaban J connectivity index is -0.0000000564. The quantitative estimate of drug-likeness (QED) is 0.457. The molecule has 0 aromatic heterocycles. The van der Waals surface area contributed by atoms with E-state index < -0.39 is 0 Å². The predicted molar refractivity (Wildman–Crippen MR) is 96.9 cm³/mol. The molecule has 0 fully saturated rings. The van der Waals surface area contributed by atoms with Gasteiger partial charge in [-0.15, -0.1) is 0 Å². The van der Waals surface area contributed by atoms with E-state index in [1.807, 2.05) is 90.1 Å². The molecule has 2 rings (SSSR count). The van der Waals surface area contributed by atoms with Crippen molar-refractivity contribution in [1.82, 2.24) is 0 Å². The molecule has 0 aliphatic rings. The molecule has 119 valence electrons. The number of hydrogen-bond donors (Lipinski definition) is 0. The van der Waals surface area contributed by atoms with Crippen LogP contribution in [0.2, 0.25) is 0 Å². The molecule has 0 aliphatic carbocycles. The van der Waals surface area contributed by atoms with E-state index in [1.165, 1.54) is 5.56 Å². The average molecular weight is 325 g/mol. The van der Waals surface area contributed by atoms with Crippen molar-refractivity contribution in [3.8, 4) is 0 Å². The first-order chi connectivity index (χ1) is 9.39. The predicted octanol–water partition coefficient (Wildman–Crippen LogP) is 7.01. The summed E-state index contributed by atoms with van der Waals surface area (Å²) in [5, 5.41) is 0. The Morgan fingerprint density at radius 2 is 0.952 bits per heavy atom. The van der Waals surface area contributed by atoms with Gasteiger partial charge in [-0.3, -0.25) is 0 Å². The molecule has 0 nitrogen and oxygen atoms in total. The summed E-state index contributed by atoms with van der Waals surface area (Å²) in [5.41, 5.74) is 1.32. The molecule has 1 radical (unpaired) electrons. The molecule has 0 heterocycles. The van der Waals surface area contributed by atoms with E-state index in [-0.39, 0.29) is 26.0 Å². The minimum Gasteiger partial charge on any atom is -0.358 e. The van der Waals surface area contributed by atoms with Crippen molar-refractivity contribution in [2.45, 2.75) is 48.5 Å². The zero-order valence-electron chi connectivity index (χ0n) is 15.2. The van der Waals surface area contributed by atoms with Crippen LogP contribution >= 0.6 is 0 Å². The molecular weight excluding hydrogens is 291 g/mol. The van der Waals surface area contributed by atoms with Crippen LogP contribution in [0, 0.1) is 20.4 Å². The fourth-order valence-corrected chi connectivity index (χ4v) is 0.876. The molecule has 21 heavy (non-hydrogen) atoms. The van der Waals surface area contributed by atoms with Crippen molar-refractivity contribution in [1.29, 1.82) is 0 Å². The summed E-state index contributed by atoms with van der Waals surface area (Å²) in [6.45, 7) is 14.1. The van der Waals surface area contributed by atoms with Crippen LogP contribution in [0.4, 0.5) is 0 Å². The SMILES string of the molecule is CC.CC.CC.Cc1ccccc1.[CH3-].[V+2].[c-]1ccccc1. The van der Waals surface area contributed by atoms with Crippen LogP contribution in [0.5, 0.6) is 0 Å². The van der Waals surface area contributed by atoms with Crippen LogP contribution in [0.15, 0.2) is 60.7 Å². The van der Waals surface area contributed by atoms with Gasteiger partial charge in [0.25, 0.3) is 0 Å². The van der Waals surface area contributed by atoms with Crippen LogP contribution in [-0.2, 0) is 18.6 Å². The monoisotopic (exact) mass is 325 g/mol. The Bertz CT molecular complexity index is 276. The van der Waals surface area contributed by atoms with Crippen molar-refractivity contribution >= 4 is 0 Å². The molecular formula is C20H34V. The van der Waals surface area contributed by atoms with Gasteiger partial charge in [0, 0.05) is 0 Å². The molecule has 0 amide bonds. The number of benzene rings is 2. The minimum atomic E-state index is 0. The van der Waals surface area contributed by atoms with Crippen LogP contribution in [0.1, 0.15) is 47.1 Å². The minimum absolute atomic E-state index is 0. The van der Waals surface area contributed by atoms with E-state index in [4.69, 9.17) is 0 Å². The molecule has 0 saturated carbocycles. The standard InChI is InChI=1S/C7H8.C6H5.3C2H6.CH3.V/c1-7-5-3-2-4-6-7;1-2-4-6-5-3-1;3*1-2;;/h2-6H,1H3;1-5H;3*1-2H3;1H3;/q;-1;;;;-1;+2. The third-order valence-electron chi connectivity index (χ3n) is 1.55. The van der Waals surface area contributed by atoms with E-state index in [0.717, 1.165) is 0 Å². The molecule has 0 bridgehead atoms. The topological polar surface area (TPSA) is 0 Å². The normalized spacial score (nSPS) is 6.05. The second-order valence-corrected chi connectivity index (χ2v) is 2.73. The zero-order chi connectivity index (χ0) is 15.4. The maximum atomic E-state index is 2.89. The summed E-state index contributed by atoms with van der Waals surface area (Å²) in [5.74, 6) is 0. The number of aryl methyl sites for hydroxylation is 1. The van der Waals surface area contributed by atoms with Gasteiger partial charge >= 0.3 is 18.6 Å². The van der Waals surface area contributed by atoms with Crippen LogP contribution < -0.4 is 0 Å². The number of hydrogen-bond acceptors (Lipinski definition) is 0. The summed E-state index contributed by atoms with van der Waals surface area (Å²) in [6.07, 6.45) is 0. The Morgan fingerprint density at radius 3 is 1.10 bits per heavy atom. The summed E-state index contributed by atoms with van der Waals surface area (Å²) < 4.78 is 0. The first kappa shape index (κ1) is 32.1. The van der Waals surface area contributed by atoms with Crippen LogP contribution in [0.25, 0.3) is 0 Å². The van der Waals surface area contributed by atoms with Crippen molar-refractivity contribution in [2.24, 2.45) is 0 Å². The Hall–Kier alpha value is -0.976. The van der Waals surface area contributed by atoms with E-state index >= 15 is 0 Å². The summed E-state index contributed by atoms with van der Waals surface area (Å²) in [7, 11) is 0. The van der Waals surface area contributed by atoms with Gasteiger partial charge < -0.3 is 7.43 Å². The fraction of sp³-hybridized carbons (Fsp3) is 0.350. The molecule has 2 aromatic rings. The van der Waals surface area contributed by atoms with Gasteiger partial charge in [0.2, 0.25) is 0 Å². The van der Waals surface area contributed by atoms with Gasteiger partial charge in [-0.1, -0.05) is 77.4 Å². The second kappa shape index (κ2) is 36.4. The molecule has 0 spiro atoms. The van der Waals surface area contributed by atoms with E-state index in [9.17, 15) is 0 Å². The van der Waals surface area contributed by atoms with Gasteiger partial charge in [-0.2, -0.15) is 36.4 Å². The second-order valence-electron chi connectivity index (χ2n) is 2.73. The molecule has 0 N–H and O–H groups in total. The molecule has 0 unspecified atom stereocenters. The van der Waals surface area contributed by atoms with E-state index in [1.54, 1.807) is 0 Å². The van der Waals surface area contributed by atoms with Crippen molar-refractivity contribution < 1.29 is 18.6 Å². The van der Waals surface area contributed by atoms with Crippen molar-refractivity contribution in [3.05, 3.63) is 79.7 Å². The van der Waals surface area contributed by atoms with Gasteiger partial charge in [0.1, 0.15) is 0 Å². The Morgan fingerprint density at radius 1 is 0.619 bits per heavy atom. The summed E-state index contributed by atoms with van der Waals surface area (Å²) in [6, 6.07) is 22.8. The van der Waals surface area contributed by atoms with Crippen molar-refractivity contribution in [2.75, 3.05) is 0 Å². The van der Waals surface area contributed by atoms with Crippen LogP contribution in [0.3, 0.4) is 0 Å². The maximum Gasteiger partial charge on any atom is 2.00 e. The number of rotatable bonds is 0. The third-order valence-corrected chi connectivity index (χ3v) is 1.55. The smallest absolute Gasteiger partial charge is 0.358 e. The molecule has 1 heteroatoms. The largest absolute Gasteiger partial charge is 2.00 e. The average Bonchev–Trinajstić information content (AvgIpc) is 2.56. The van der Waals surface area contributed by atoms with Gasteiger partial charge in [-0.05, 0) is 6.92 Å². The first-order valence-electron chi connectivity index (χ1n) is 7.32.